The zero-order valence-corrected chi connectivity index (χ0v) is 18.9. The maximum Gasteiger partial charge on any atom is 0.353 e. The molecule has 0 aromatic heterocycles. The normalized spacial score (nSPS) is 18.2. The largest absolute Gasteiger partial charge is 0.491 e. The maximum atomic E-state index is 12.9. The van der Waals surface area contributed by atoms with Crippen LogP contribution >= 0.6 is 0 Å². The lowest BCUT2D eigenvalue weighted by molar-refractivity contribution is -0.501. The van der Waals surface area contributed by atoms with Gasteiger partial charge in [0.05, 0.1) is 17.8 Å². The molecule has 2 aromatic rings. The molecular formula is C26H29N4O2+. The summed E-state index contributed by atoms with van der Waals surface area (Å²) in [5.74, 6) is 1.88. The van der Waals surface area contributed by atoms with Gasteiger partial charge in [-0.2, -0.15) is 0 Å². The number of ether oxygens (including phenoxy) is 1. The molecule has 0 bridgehead atoms. The quantitative estimate of drug-likeness (QED) is 0.637. The number of carbonyl (C=O) groups excluding carboxylic acids is 1. The number of hydrogen-bond donors (Lipinski definition) is 1. The Morgan fingerprint density at radius 3 is 2.47 bits per heavy atom. The fraction of sp³-hybridized carbons (Fsp3) is 0.308. The number of fused-ring (bicyclic) bond motifs is 1. The van der Waals surface area contributed by atoms with Crippen LogP contribution in [0.2, 0.25) is 0 Å². The highest BCUT2D eigenvalue weighted by Crippen LogP contribution is 2.28. The fourth-order valence-corrected chi connectivity index (χ4v) is 3.72. The number of hydrogen-bond acceptors (Lipinski definition) is 4. The van der Waals surface area contributed by atoms with Gasteiger partial charge in [-0.3, -0.25) is 4.79 Å². The van der Waals surface area contributed by atoms with E-state index in [1.165, 1.54) is 5.56 Å². The standard InChI is InChI=1S/C26H28N4O2/c1-17(2)20-10-12-21(13-11-20)24-15-28-30-19(4)23(14-27-25(24)30)26(31)29-18(3)16-32-22-8-6-5-7-9-22/h5-15,17-19H,16H2,1-4H3/p+1/t18-,19?/m1/s1. The van der Waals surface area contributed by atoms with Crippen molar-refractivity contribution in [2.45, 2.75) is 45.7 Å². The molecule has 2 heterocycles. The minimum absolute atomic E-state index is 0.148. The third kappa shape index (κ3) is 4.54. The van der Waals surface area contributed by atoms with E-state index in [2.05, 4.69) is 53.5 Å². The summed E-state index contributed by atoms with van der Waals surface area (Å²) in [7, 11) is 0. The number of nitrogens with one attached hydrogen (secondary N) is 1. The molecule has 0 saturated heterocycles. The Bertz CT molecular complexity index is 1110. The molecule has 1 unspecified atom stereocenters. The van der Waals surface area contributed by atoms with Gasteiger partial charge in [0.1, 0.15) is 17.9 Å². The Labute approximate surface area is 189 Å². The lowest BCUT2D eigenvalue weighted by Crippen LogP contribution is -2.42. The van der Waals surface area contributed by atoms with Crippen molar-refractivity contribution in [2.24, 2.45) is 10.1 Å². The molecule has 164 valence electrons. The minimum atomic E-state index is -0.214. The molecule has 2 aromatic carbocycles. The second-order valence-electron chi connectivity index (χ2n) is 8.49. The summed E-state index contributed by atoms with van der Waals surface area (Å²) < 4.78 is 7.55. The molecule has 0 fully saturated rings. The van der Waals surface area contributed by atoms with Gasteiger partial charge in [0.15, 0.2) is 12.2 Å². The van der Waals surface area contributed by atoms with Gasteiger partial charge in [0.25, 0.3) is 5.91 Å². The lowest BCUT2D eigenvalue weighted by atomic mass is 9.98. The van der Waals surface area contributed by atoms with Crippen LogP contribution in [0.25, 0.3) is 5.57 Å². The average molecular weight is 430 g/mol. The van der Waals surface area contributed by atoms with Crippen LogP contribution in [0.5, 0.6) is 5.75 Å². The first-order valence-electron chi connectivity index (χ1n) is 11.0. The van der Waals surface area contributed by atoms with Gasteiger partial charge in [-0.1, -0.05) is 61.4 Å². The number of rotatable bonds is 7. The Kier molecular flexibility index (Phi) is 6.30. The zero-order valence-electron chi connectivity index (χ0n) is 18.9. The van der Waals surface area contributed by atoms with Crippen LogP contribution in [0.3, 0.4) is 0 Å². The monoisotopic (exact) mass is 429 g/mol. The van der Waals surface area contributed by atoms with Crippen molar-refractivity contribution in [2.75, 3.05) is 6.61 Å². The predicted molar refractivity (Wildman–Crippen MR) is 126 cm³/mol. The molecule has 0 spiro atoms. The minimum Gasteiger partial charge on any atom is -0.491 e. The molecule has 2 aliphatic rings. The van der Waals surface area contributed by atoms with E-state index in [-0.39, 0.29) is 18.0 Å². The summed E-state index contributed by atoms with van der Waals surface area (Å²) in [6, 6.07) is 17.7. The summed E-state index contributed by atoms with van der Waals surface area (Å²) in [6.45, 7) is 8.63. The van der Waals surface area contributed by atoms with Crippen molar-refractivity contribution in [3.63, 3.8) is 0 Å². The SMILES string of the molecule is CC(C)c1ccc(C2=CN=[N+]3C2=NC=C(C(=O)N[C@H](C)COc2ccccc2)C3C)cc1. The first kappa shape index (κ1) is 21.7. The van der Waals surface area contributed by atoms with Crippen LogP contribution in [-0.4, -0.2) is 35.1 Å². The first-order chi connectivity index (χ1) is 15.4. The molecule has 6 heteroatoms. The van der Waals surface area contributed by atoms with E-state index in [0.717, 1.165) is 22.7 Å². The number of para-hydroxylation sites is 1. The van der Waals surface area contributed by atoms with E-state index in [4.69, 9.17) is 4.74 Å². The smallest absolute Gasteiger partial charge is 0.353 e. The van der Waals surface area contributed by atoms with Crippen molar-refractivity contribution in [3.05, 3.63) is 83.7 Å². The summed E-state index contributed by atoms with van der Waals surface area (Å²) >= 11 is 0. The maximum absolute atomic E-state index is 12.9. The van der Waals surface area contributed by atoms with Gasteiger partial charge >= 0.3 is 5.84 Å². The van der Waals surface area contributed by atoms with Gasteiger partial charge < -0.3 is 10.1 Å². The van der Waals surface area contributed by atoms with Crippen LogP contribution in [-0.2, 0) is 4.79 Å². The van der Waals surface area contributed by atoms with Crippen LogP contribution in [0.1, 0.15) is 44.7 Å². The lowest BCUT2D eigenvalue weighted by Gasteiger charge is -2.19. The number of aliphatic imine (C=N–C) groups is 1. The Hall–Kier alpha value is -3.54. The highest BCUT2D eigenvalue weighted by Gasteiger charge is 2.39. The molecular weight excluding hydrogens is 400 g/mol. The van der Waals surface area contributed by atoms with Crippen molar-refractivity contribution >= 4 is 17.3 Å². The van der Waals surface area contributed by atoms with Crippen LogP contribution in [0, 0.1) is 0 Å². The summed E-state index contributed by atoms with van der Waals surface area (Å²) in [5, 5.41) is 7.54. The Balaban J connectivity index is 1.42. The van der Waals surface area contributed by atoms with Crippen molar-refractivity contribution in [1.82, 2.24) is 5.32 Å². The van der Waals surface area contributed by atoms with Gasteiger partial charge in [-0.25, -0.2) is 0 Å². The number of amides is 1. The van der Waals surface area contributed by atoms with Crippen LogP contribution < -0.4 is 10.1 Å². The highest BCUT2D eigenvalue weighted by molar-refractivity contribution is 6.20. The highest BCUT2D eigenvalue weighted by atomic mass is 16.5. The van der Waals surface area contributed by atoms with Gasteiger partial charge in [-0.05, 0) is 48.0 Å². The summed E-state index contributed by atoms with van der Waals surface area (Å²) in [5.41, 5.74) is 3.91. The average Bonchev–Trinajstić information content (AvgIpc) is 3.23. The van der Waals surface area contributed by atoms with E-state index in [1.54, 1.807) is 6.20 Å². The molecule has 6 nitrogen and oxygen atoms in total. The van der Waals surface area contributed by atoms with Crippen molar-refractivity contribution in [1.29, 1.82) is 0 Å². The van der Waals surface area contributed by atoms with E-state index in [0.29, 0.717) is 18.1 Å². The molecule has 32 heavy (non-hydrogen) atoms. The molecule has 2 aliphatic heterocycles. The summed E-state index contributed by atoms with van der Waals surface area (Å²) in [4.78, 5) is 17.5. The molecule has 1 amide bonds. The van der Waals surface area contributed by atoms with E-state index in [1.807, 2.05) is 55.1 Å². The molecule has 4 rings (SSSR count). The predicted octanol–water partition coefficient (Wildman–Crippen LogP) is 4.90. The number of azo groups is 2. The number of nitrogens with zero attached hydrogens (tertiary/aromatic N) is 3. The molecule has 0 saturated carbocycles. The zero-order chi connectivity index (χ0) is 22.7. The second-order valence-corrected chi connectivity index (χ2v) is 8.49. The second kappa shape index (κ2) is 9.30. The molecule has 1 N–H and O–H groups in total. The number of amidine groups is 1. The number of carbonyl (C=O) groups is 1. The molecule has 2 atom stereocenters. The van der Waals surface area contributed by atoms with Crippen molar-refractivity contribution in [3.8, 4) is 5.75 Å². The third-order valence-electron chi connectivity index (χ3n) is 5.68. The first-order valence-corrected chi connectivity index (χ1v) is 11.0. The number of benzene rings is 2. The van der Waals surface area contributed by atoms with Crippen LogP contribution in [0.15, 0.2) is 82.7 Å². The van der Waals surface area contributed by atoms with Gasteiger partial charge in [0.2, 0.25) is 0 Å². The fourth-order valence-electron chi connectivity index (χ4n) is 3.72. The Morgan fingerprint density at radius 1 is 1.06 bits per heavy atom. The van der Waals surface area contributed by atoms with E-state index in [9.17, 15) is 4.79 Å². The third-order valence-corrected chi connectivity index (χ3v) is 5.68. The Morgan fingerprint density at radius 2 is 1.78 bits per heavy atom. The molecule has 0 aliphatic carbocycles. The van der Waals surface area contributed by atoms with Crippen LogP contribution in [0.4, 0.5) is 0 Å². The van der Waals surface area contributed by atoms with Gasteiger partial charge in [-0.15, -0.1) is 4.70 Å². The van der Waals surface area contributed by atoms with E-state index < -0.39 is 0 Å². The van der Waals surface area contributed by atoms with E-state index >= 15 is 0 Å². The summed E-state index contributed by atoms with van der Waals surface area (Å²) in [6.07, 6.45) is 3.48. The van der Waals surface area contributed by atoms with Crippen molar-refractivity contribution < 1.29 is 14.2 Å². The van der Waals surface area contributed by atoms with Gasteiger partial charge in [0, 0.05) is 0 Å². The topological polar surface area (TPSA) is 66.1 Å². The molecule has 0 radical (unpaired) electrons.